The predicted octanol–water partition coefficient (Wildman–Crippen LogP) is 1.62. The molecule has 140 valence electrons. The summed E-state index contributed by atoms with van der Waals surface area (Å²) in [5.74, 6) is 0.665. The van der Waals surface area contributed by atoms with Crippen molar-refractivity contribution in [1.82, 2.24) is 20.3 Å². The minimum atomic E-state index is -0.315. The fourth-order valence-electron chi connectivity index (χ4n) is 3.44. The van der Waals surface area contributed by atoms with E-state index in [1.54, 1.807) is 0 Å². The molecule has 3 rings (SSSR count). The van der Waals surface area contributed by atoms with Crippen LogP contribution in [0.2, 0.25) is 0 Å². The molecule has 0 radical (unpaired) electrons. The lowest BCUT2D eigenvalue weighted by Crippen LogP contribution is -2.52. The van der Waals surface area contributed by atoms with Crippen molar-refractivity contribution in [3.8, 4) is 0 Å². The van der Waals surface area contributed by atoms with E-state index >= 15 is 0 Å². The number of rotatable bonds is 7. The summed E-state index contributed by atoms with van der Waals surface area (Å²) in [5.41, 5.74) is 0.997. The van der Waals surface area contributed by atoms with Crippen molar-refractivity contribution >= 4 is 5.91 Å². The summed E-state index contributed by atoms with van der Waals surface area (Å²) in [7, 11) is 0. The van der Waals surface area contributed by atoms with Crippen LogP contribution < -0.4 is 5.32 Å². The molecule has 0 aromatic carbocycles. The van der Waals surface area contributed by atoms with Gasteiger partial charge in [-0.3, -0.25) is 9.48 Å². The fraction of sp³-hybridized carbons (Fsp3) is 0.833. The molecule has 1 saturated carbocycles. The SMILES string of the molecule is CC(C)c1cn(CC[C@H]2CC[C@@H](NC(=O)C3CCC3)[C@H](CO)O2)nn1. The van der Waals surface area contributed by atoms with Crippen molar-refractivity contribution < 1.29 is 14.6 Å². The summed E-state index contributed by atoms with van der Waals surface area (Å²) in [6.07, 6.45) is 7.45. The van der Waals surface area contributed by atoms with Crippen LogP contribution in [-0.4, -0.2) is 50.9 Å². The molecule has 25 heavy (non-hydrogen) atoms. The van der Waals surface area contributed by atoms with Crippen LogP contribution in [0.1, 0.15) is 64.0 Å². The Labute approximate surface area is 149 Å². The average Bonchev–Trinajstić information content (AvgIpc) is 3.01. The van der Waals surface area contributed by atoms with E-state index in [0.717, 1.165) is 50.8 Å². The van der Waals surface area contributed by atoms with Gasteiger partial charge in [0.15, 0.2) is 0 Å². The van der Waals surface area contributed by atoms with Crippen molar-refractivity contribution in [2.75, 3.05) is 6.61 Å². The number of hydrogen-bond acceptors (Lipinski definition) is 5. The molecule has 2 aliphatic rings. The van der Waals surface area contributed by atoms with Crippen LogP contribution in [0.25, 0.3) is 0 Å². The molecule has 1 saturated heterocycles. The number of amides is 1. The molecule has 0 bridgehead atoms. The quantitative estimate of drug-likeness (QED) is 0.780. The minimum Gasteiger partial charge on any atom is -0.394 e. The first kappa shape index (κ1) is 18.3. The lowest BCUT2D eigenvalue weighted by atomic mass is 9.84. The highest BCUT2D eigenvalue weighted by molar-refractivity contribution is 5.79. The van der Waals surface area contributed by atoms with E-state index in [1.165, 1.54) is 0 Å². The maximum atomic E-state index is 12.1. The molecule has 1 aromatic rings. The first-order valence-electron chi connectivity index (χ1n) is 9.53. The second-order valence-electron chi connectivity index (χ2n) is 7.65. The number of hydrogen-bond donors (Lipinski definition) is 2. The van der Waals surface area contributed by atoms with Crippen LogP contribution in [0.3, 0.4) is 0 Å². The molecular weight excluding hydrogens is 320 g/mol. The minimum absolute atomic E-state index is 0.0626. The van der Waals surface area contributed by atoms with E-state index in [2.05, 4.69) is 29.5 Å². The molecule has 1 aliphatic carbocycles. The summed E-state index contributed by atoms with van der Waals surface area (Å²) in [6, 6.07) is -0.0757. The highest BCUT2D eigenvalue weighted by Gasteiger charge is 2.34. The van der Waals surface area contributed by atoms with Gasteiger partial charge >= 0.3 is 0 Å². The highest BCUT2D eigenvalue weighted by atomic mass is 16.5. The molecule has 3 atom stereocenters. The van der Waals surface area contributed by atoms with Crippen LogP contribution in [0.15, 0.2) is 6.20 Å². The number of nitrogens with zero attached hydrogens (tertiary/aromatic N) is 3. The number of aryl methyl sites for hydroxylation is 1. The number of ether oxygens (including phenoxy) is 1. The van der Waals surface area contributed by atoms with Gasteiger partial charge in [0.2, 0.25) is 5.91 Å². The van der Waals surface area contributed by atoms with Crippen molar-refractivity contribution in [2.45, 2.75) is 83.1 Å². The summed E-state index contributed by atoms with van der Waals surface area (Å²) in [4.78, 5) is 12.1. The van der Waals surface area contributed by atoms with Gasteiger partial charge in [0, 0.05) is 18.7 Å². The number of aromatic nitrogens is 3. The first-order chi connectivity index (χ1) is 12.1. The van der Waals surface area contributed by atoms with Gasteiger partial charge in [0.1, 0.15) is 6.10 Å². The van der Waals surface area contributed by atoms with Gasteiger partial charge in [-0.05, 0) is 38.0 Å². The molecule has 0 spiro atoms. The molecule has 2 heterocycles. The largest absolute Gasteiger partial charge is 0.394 e. The van der Waals surface area contributed by atoms with Gasteiger partial charge in [-0.15, -0.1) is 5.10 Å². The predicted molar refractivity (Wildman–Crippen MR) is 93.0 cm³/mol. The number of aliphatic hydroxyl groups is 1. The second-order valence-corrected chi connectivity index (χ2v) is 7.65. The van der Waals surface area contributed by atoms with Crippen LogP contribution in [-0.2, 0) is 16.1 Å². The molecule has 2 N–H and O–H groups in total. The van der Waals surface area contributed by atoms with E-state index in [0.29, 0.717) is 5.92 Å². The molecule has 7 nitrogen and oxygen atoms in total. The van der Waals surface area contributed by atoms with E-state index in [4.69, 9.17) is 4.74 Å². The number of aliphatic hydroxyl groups excluding tert-OH is 1. The zero-order valence-electron chi connectivity index (χ0n) is 15.2. The van der Waals surface area contributed by atoms with Gasteiger partial charge in [-0.2, -0.15) is 0 Å². The third kappa shape index (κ3) is 4.58. The lowest BCUT2D eigenvalue weighted by Gasteiger charge is -2.37. The van der Waals surface area contributed by atoms with E-state index in [1.807, 2.05) is 10.9 Å². The normalized spacial score (nSPS) is 27.3. The summed E-state index contributed by atoms with van der Waals surface area (Å²) < 4.78 is 7.89. The Balaban J connectivity index is 1.46. The van der Waals surface area contributed by atoms with Gasteiger partial charge in [0.05, 0.1) is 24.4 Å². The number of carbonyl (C=O) groups is 1. The molecule has 1 aliphatic heterocycles. The fourth-order valence-corrected chi connectivity index (χ4v) is 3.44. The van der Waals surface area contributed by atoms with E-state index in [9.17, 15) is 9.90 Å². The van der Waals surface area contributed by atoms with Gasteiger partial charge < -0.3 is 15.2 Å². The van der Waals surface area contributed by atoms with Crippen molar-refractivity contribution in [1.29, 1.82) is 0 Å². The maximum Gasteiger partial charge on any atom is 0.223 e. The third-order valence-corrected chi connectivity index (χ3v) is 5.43. The number of nitrogens with one attached hydrogen (secondary N) is 1. The maximum absolute atomic E-state index is 12.1. The first-order valence-corrected chi connectivity index (χ1v) is 9.53. The van der Waals surface area contributed by atoms with Crippen LogP contribution in [0, 0.1) is 5.92 Å². The molecular formula is C18H30N4O3. The van der Waals surface area contributed by atoms with Gasteiger partial charge in [-0.25, -0.2) is 0 Å². The van der Waals surface area contributed by atoms with Crippen molar-refractivity contribution in [3.05, 3.63) is 11.9 Å². The zero-order chi connectivity index (χ0) is 17.8. The van der Waals surface area contributed by atoms with E-state index < -0.39 is 0 Å². The summed E-state index contributed by atoms with van der Waals surface area (Å²) >= 11 is 0. The molecule has 2 fully saturated rings. The van der Waals surface area contributed by atoms with Crippen molar-refractivity contribution in [2.24, 2.45) is 5.92 Å². The zero-order valence-corrected chi connectivity index (χ0v) is 15.2. The van der Waals surface area contributed by atoms with Crippen molar-refractivity contribution in [3.63, 3.8) is 0 Å². The number of carbonyl (C=O) groups excluding carboxylic acids is 1. The molecule has 0 unspecified atom stereocenters. The Morgan fingerprint density at radius 2 is 2.20 bits per heavy atom. The Hall–Kier alpha value is -1.47. The van der Waals surface area contributed by atoms with Crippen LogP contribution in [0.5, 0.6) is 0 Å². The molecule has 1 aromatic heterocycles. The Bertz CT molecular complexity index is 570. The highest BCUT2D eigenvalue weighted by Crippen LogP contribution is 2.28. The summed E-state index contributed by atoms with van der Waals surface area (Å²) in [6.45, 7) is 4.89. The average molecular weight is 350 g/mol. The molecule has 7 heteroatoms. The Morgan fingerprint density at radius 3 is 2.80 bits per heavy atom. The third-order valence-electron chi connectivity index (χ3n) is 5.43. The monoisotopic (exact) mass is 350 g/mol. The van der Waals surface area contributed by atoms with Crippen LogP contribution >= 0.6 is 0 Å². The van der Waals surface area contributed by atoms with Gasteiger partial charge in [-0.1, -0.05) is 25.5 Å². The standard InChI is InChI=1S/C18H30N4O3/c1-12(2)16-10-22(21-20-16)9-8-14-6-7-15(17(11-23)25-14)19-18(24)13-4-3-5-13/h10,12-15,17,23H,3-9,11H2,1-2H3,(H,19,24)/t14-,15-,17+/m1/s1. The lowest BCUT2D eigenvalue weighted by molar-refractivity contribution is -0.134. The topological polar surface area (TPSA) is 89.3 Å². The van der Waals surface area contributed by atoms with E-state index in [-0.39, 0.29) is 36.7 Å². The second kappa shape index (κ2) is 8.27. The molecule has 1 amide bonds. The summed E-state index contributed by atoms with van der Waals surface area (Å²) in [5, 5.41) is 21.1. The van der Waals surface area contributed by atoms with Gasteiger partial charge in [0.25, 0.3) is 0 Å². The Morgan fingerprint density at radius 1 is 1.40 bits per heavy atom. The smallest absolute Gasteiger partial charge is 0.223 e. The Kier molecular flexibility index (Phi) is 6.06. The van der Waals surface area contributed by atoms with Crippen LogP contribution in [0.4, 0.5) is 0 Å².